The third-order valence-corrected chi connectivity index (χ3v) is 2.92. The van der Waals surface area contributed by atoms with Crippen molar-refractivity contribution in [1.29, 1.82) is 0 Å². The molecule has 0 aromatic rings. The minimum Gasteiger partial charge on any atom is -0.313 e. The van der Waals surface area contributed by atoms with Gasteiger partial charge in [0.2, 0.25) is 0 Å². The van der Waals surface area contributed by atoms with Crippen molar-refractivity contribution >= 4 is 0 Å². The van der Waals surface area contributed by atoms with E-state index in [9.17, 15) is 0 Å². The highest BCUT2D eigenvalue weighted by Crippen LogP contribution is 2.18. The van der Waals surface area contributed by atoms with Crippen molar-refractivity contribution in [2.45, 2.75) is 52.1 Å². The molecule has 2 heteroatoms. The van der Waals surface area contributed by atoms with E-state index in [1.54, 1.807) is 0 Å². The first-order chi connectivity index (χ1) is 6.24. The van der Waals surface area contributed by atoms with E-state index in [1.165, 1.54) is 32.4 Å². The van der Waals surface area contributed by atoms with Crippen LogP contribution in [0.15, 0.2) is 0 Å². The fraction of sp³-hybridized carbons (Fsp3) is 1.00. The standard InChI is InChI=1S/C11H24N2/c1-4-11-6-5-8-13(11)9-7-12-10(2)3/h10-12H,4-9H2,1-3H3. The molecule has 2 nitrogen and oxygen atoms in total. The topological polar surface area (TPSA) is 15.3 Å². The summed E-state index contributed by atoms with van der Waals surface area (Å²) in [6, 6.07) is 1.50. The maximum absolute atomic E-state index is 3.48. The van der Waals surface area contributed by atoms with E-state index >= 15 is 0 Å². The second kappa shape index (κ2) is 5.61. The Morgan fingerprint density at radius 1 is 1.46 bits per heavy atom. The molecule has 0 radical (unpaired) electrons. The number of likely N-dealkylation sites (tertiary alicyclic amines) is 1. The molecule has 1 heterocycles. The average molecular weight is 184 g/mol. The summed E-state index contributed by atoms with van der Waals surface area (Å²) < 4.78 is 0. The van der Waals surface area contributed by atoms with E-state index in [2.05, 4.69) is 31.0 Å². The Balaban J connectivity index is 2.13. The molecule has 0 aromatic heterocycles. The SMILES string of the molecule is CCC1CCCN1CCNC(C)C. The van der Waals surface area contributed by atoms with Crippen molar-refractivity contribution < 1.29 is 0 Å². The second-order valence-electron chi connectivity index (χ2n) is 4.35. The highest BCUT2D eigenvalue weighted by atomic mass is 15.2. The van der Waals surface area contributed by atoms with Crippen LogP contribution >= 0.6 is 0 Å². The van der Waals surface area contributed by atoms with Gasteiger partial charge in [-0.2, -0.15) is 0 Å². The zero-order valence-electron chi connectivity index (χ0n) is 9.34. The minimum absolute atomic E-state index is 0.627. The van der Waals surface area contributed by atoms with Crippen LogP contribution in [0.2, 0.25) is 0 Å². The molecule has 13 heavy (non-hydrogen) atoms. The predicted molar refractivity (Wildman–Crippen MR) is 58.0 cm³/mol. The molecule has 0 saturated carbocycles. The van der Waals surface area contributed by atoms with E-state index in [0.717, 1.165) is 12.6 Å². The average Bonchev–Trinajstić information content (AvgIpc) is 2.51. The number of nitrogens with zero attached hydrogens (tertiary/aromatic N) is 1. The normalized spacial score (nSPS) is 24.5. The van der Waals surface area contributed by atoms with Crippen LogP contribution in [-0.4, -0.2) is 36.6 Å². The fourth-order valence-corrected chi connectivity index (χ4v) is 2.15. The van der Waals surface area contributed by atoms with Gasteiger partial charge < -0.3 is 5.32 Å². The molecule has 0 bridgehead atoms. The lowest BCUT2D eigenvalue weighted by atomic mass is 10.2. The first-order valence-electron chi connectivity index (χ1n) is 5.71. The summed E-state index contributed by atoms with van der Waals surface area (Å²) in [7, 11) is 0. The van der Waals surface area contributed by atoms with E-state index in [0.29, 0.717) is 6.04 Å². The molecule has 1 aliphatic rings. The van der Waals surface area contributed by atoms with Gasteiger partial charge in [-0.1, -0.05) is 20.8 Å². The van der Waals surface area contributed by atoms with E-state index < -0.39 is 0 Å². The summed E-state index contributed by atoms with van der Waals surface area (Å²) in [5.74, 6) is 0. The summed E-state index contributed by atoms with van der Waals surface area (Å²) in [5, 5.41) is 3.48. The number of hydrogen-bond donors (Lipinski definition) is 1. The lowest BCUT2D eigenvalue weighted by Gasteiger charge is -2.23. The summed E-state index contributed by atoms with van der Waals surface area (Å²) in [6.07, 6.45) is 4.14. The molecule has 1 aliphatic heterocycles. The van der Waals surface area contributed by atoms with Gasteiger partial charge in [-0.05, 0) is 25.8 Å². The van der Waals surface area contributed by atoms with Crippen LogP contribution in [0.5, 0.6) is 0 Å². The van der Waals surface area contributed by atoms with Gasteiger partial charge in [-0.3, -0.25) is 4.90 Å². The van der Waals surface area contributed by atoms with Crippen molar-refractivity contribution in [3.05, 3.63) is 0 Å². The van der Waals surface area contributed by atoms with Crippen LogP contribution < -0.4 is 5.32 Å². The van der Waals surface area contributed by atoms with Gasteiger partial charge in [0.15, 0.2) is 0 Å². The van der Waals surface area contributed by atoms with Gasteiger partial charge in [0, 0.05) is 25.2 Å². The van der Waals surface area contributed by atoms with Crippen LogP contribution in [0, 0.1) is 0 Å². The predicted octanol–water partition coefficient (Wildman–Crippen LogP) is 1.86. The molecule has 78 valence electrons. The van der Waals surface area contributed by atoms with Crippen LogP contribution in [0.4, 0.5) is 0 Å². The maximum Gasteiger partial charge on any atom is 0.0110 e. The Morgan fingerprint density at radius 3 is 2.85 bits per heavy atom. The molecule has 1 N–H and O–H groups in total. The van der Waals surface area contributed by atoms with Crippen molar-refractivity contribution in [2.24, 2.45) is 0 Å². The smallest absolute Gasteiger partial charge is 0.0110 e. The van der Waals surface area contributed by atoms with Gasteiger partial charge in [0.1, 0.15) is 0 Å². The van der Waals surface area contributed by atoms with Crippen LogP contribution in [0.3, 0.4) is 0 Å². The molecule has 0 spiro atoms. The molecular weight excluding hydrogens is 160 g/mol. The monoisotopic (exact) mass is 184 g/mol. The number of hydrogen-bond acceptors (Lipinski definition) is 2. The van der Waals surface area contributed by atoms with E-state index in [-0.39, 0.29) is 0 Å². The summed E-state index contributed by atoms with van der Waals surface area (Å²) in [4.78, 5) is 2.63. The van der Waals surface area contributed by atoms with Crippen LogP contribution in [0.1, 0.15) is 40.0 Å². The highest BCUT2D eigenvalue weighted by molar-refractivity contribution is 4.78. The van der Waals surface area contributed by atoms with Gasteiger partial charge in [0.05, 0.1) is 0 Å². The third kappa shape index (κ3) is 3.65. The van der Waals surface area contributed by atoms with E-state index in [1.807, 2.05) is 0 Å². The summed E-state index contributed by atoms with van der Waals surface area (Å²) in [5.41, 5.74) is 0. The molecule has 1 fully saturated rings. The maximum atomic E-state index is 3.48. The second-order valence-corrected chi connectivity index (χ2v) is 4.35. The fourth-order valence-electron chi connectivity index (χ4n) is 2.15. The zero-order valence-corrected chi connectivity index (χ0v) is 9.34. The van der Waals surface area contributed by atoms with Gasteiger partial charge in [0.25, 0.3) is 0 Å². The summed E-state index contributed by atoms with van der Waals surface area (Å²) in [6.45, 7) is 10.4. The Morgan fingerprint density at radius 2 is 2.23 bits per heavy atom. The van der Waals surface area contributed by atoms with Crippen molar-refractivity contribution in [3.63, 3.8) is 0 Å². The zero-order chi connectivity index (χ0) is 9.68. The van der Waals surface area contributed by atoms with Gasteiger partial charge in [-0.25, -0.2) is 0 Å². The first-order valence-corrected chi connectivity index (χ1v) is 5.71. The molecular formula is C11H24N2. The van der Waals surface area contributed by atoms with Crippen LogP contribution in [0.25, 0.3) is 0 Å². The van der Waals surface area contributed by atoms with E-state index in [4.69, 9.17) is 0 Å². The van der Waals surface area contributed by atoms with Gasteiger partial charge >= 0.3 is 0 Å². The van der Waals surface area contributed by atoms with Gasteiger partial charge in [-0.15, -0.1) is 0 Å². The molecule has 1 unspecified atom stereocenters. The Bertz CT molecular complexity index is 134. The largest absolute Gasteiger partial charge is 0.313 e. The molecule has 1 rings (SSSR count). The minimum atomic E-state index is 0.627. The van der Waals surface area contributed by atoms with Crippen molar-refractivity contribution in [3.8, 4) is 0 Å². The Kier molecular flexibility index (Phi) is 4.74. The van der Waals surface area contributed by atoms with Crippen molar-refractivity contribution in [2.75, 3.05) is 19.6 Å². The molecule has 1 atom stereocenters. The number of nitrogens with one attached hydrogen (secondary N) is 1. The Hall–Kier alpha value is -0.0800. The molecule has 0 amide bonds. The molecule has 0 aliphatic carbocycles. The molecule has 0 aromatic carbocycles. The number of rotatable bonds is 5. The van der Waals surface area contributed by atoms with Crippen LogP contribution in [-0.2, 0) is 0 Å². The third-order valence-electron chi connectivity index (χ3n) is 2.92. The first kappa shape index (κ1) is 11.0. The highest BCUT2D eigenvalue weighted by Gasteiger charge is 2.21. The molecule has 1 saturated heterocycles. The Labute approximate surface area is 82.7 Å². The quantitative estimate of drug-likeness (QED) is 0.701. The van der Waals surface area contributed by atoms with Crippen molar-refractivity contribution in [1.82, 2.24) is 10.2 Å². The lowest BCUT2D eigenvalue weighted by molar-refractivity contribution is 0.246. The summed E-state index contributed by atoms with van der Waals surface area (Å²) >= 11 is 0. The lowest BCUT2D eigenvalue weighted by Crippen LogP contribution is -2.37.